The zero-order valence-corrected chi connectivity index (χ0v) is 25.8. The monoisotopic (exact) mass is 588 g/mol. The van der Waals surface area contributed by atoms with Crippen molar-refractivity contribution in [1.82, 2.24) is 23.9 Å². The number of nitrogens with one attached hydrogen (secondary N) is 1. The minimum atomic E-state index is -0.230. The van der Waals surface area contributed by atoms with Gasteiger partial charge >= 0.3 is 0 Å². The molecule has 7 rings (SSSR count). The van der Waals surface area contributed by atoms with E-state index in [1.807, 2.05) is 42.1 Å². The van der Waals surface area contributed by atoms with Crippen molar-refractivity contribution < 1.29 is 4.79 Å². The largest absolute Gasteiger partial charge is 0.369 e. The first-order chi connectivity index (χ1) is 21.1. The lowest BCUT2D eigenvalue weighted by atomic mass is 9.90. The van der Waals surface area contributed by atoms with Crippen LogP contribution in [-0.2, 0) is 26.4 Å². The number of carbonyl (C=O) groups is 1. The molecule has 224 valence electrons. The van der Waals surface area contributed by atoms with Crippen LogP contribution in [0.4, 0.5) is 23.0 Å². The van der Waals surface area contributed by atoms with Crippen LogP contribution in [0.25, 0.3) is 11.3 Å². The number of piperazine rings is 1. The lowest BCUT2D eigenvalue weighted by Gasteiger charge is -2.34. The summed E-state index contributed by atoms with van der Waals surface area (Å²) in [6.07, 6.45) is 5.43. The quantitative estimate of drug-likeness (QED) is 0.356. The van der Waals surface area contributed by atoms with Crippen LogP contribution in [0.5, 0.6) is 0 Å². The summed E-state index contributed by atoms with van der Waals surface area (Å²) >= 11 is 0. The van der Waals surface area contributed by atoms with Crippen LogP contribution in [0.2, 0.25) is 0 Å². The molecule has 1 saturated heterocycles. The number of aryl methyl sites for hydroxylation is 1. The van der Waals surface area contributed by atoms with Gasteiger partial charge in [0.1, 0.15) is 11.5 Å². The zero-order chi connectivity index (χ0) is 30.7. The molecule has 2 radical (unpaired) electrons. The molecule has 3 aliphatic rings. The number of hydrogen-bond donors (Lipinski definition) is 1. The minimum absolute atomic E-state index is 0.0275. The molecule has 44 heavy (non-hydrogen) atoms. The third-order valence-corrected chi connectivity index (χ3v) is 9.21. The summed E-state index contributed by atoms with van der Waals surface area (Å²) in [5.74, 6) is 0.827. The van der Waals surface area contributed by atoms with E-state index in [0.717, 1.165) is 73.8 Å². The van der Waals surface area contributed by atoms with E-state index < -0.39 is 0 Å². The molecule has 4 aromatic rings. The SMILES string of the molecule is [B]N1CCN(c2ccc(Nc3nc(-c4ccnc(N5CCn6c(cc7c6CC(C)(C)C7)C5=O)c4C)cn(C)c3=O)cc2)CC1. The van der Waals surface area contributed by atoms with E-state index in [0.29, 0.717) is 18.1 Å². The van der Waals surface area contributed by atoms with Gasteiger partial charge in [0.05, 0.1) is 5.69 Å². The Hall–Kier alpha value is -4.38. The summed E-state index contributed by atoms with van der Waals surface area (Å²) in [5, 5.41) is 3.23. The molecule has 1 fully saturated rings. The predicted molar refractivity (Wildman–Crippen MR) is 174 cm³/mol. The first-order valence-electron chi connectivity index (χ1n) is 15.3. The maximum atomic E-state index is 13.8. The Bertz CT molecular complexity index is 1820. The average molecular weight is 589 g/mol. The molecule has 0 spiro atoms. The third-order valence-electron chi connectivity index (χ3n) is 9.21. The van der Waals surface area contributed by atoms with Gasteiger partial charge in [-0.3, -0.25) is 14.5 Å². The Morgan fingerprint density at radius 1 is 0.955 bits per heavy atom. The highest BCUT2D eigenvalue weighted by Gasteiger charge is 2.37. The normalized spacial score (nSPS) is 18.0. The topological polar surface area (TPSA) is 91.5 Å². The number of nitrogens with zero attached hydrogens (tertiary/aromatic N) is 7. The predicted octanol–water partition coefficient (Wildman–Crippen LogP) is 3.69. The lowest BCUT2D eigenvalue weighted by molar-refractivity contribution is 0.0963. The summed E-state index contributed by atoms with van der Waals surface area (Å²) in [6, 6.07) is 12.0. The number of fused-ring (bicyclic) bond motifs is 3. The molecule has 1 N–H and O–H groups in total. The van der Waals surface area contributed by atoms with E-state index in [-0.39, 0.29) is 22.7 Å². The van der Waals surface area contributed by atoms with E-state index in [9.17, 15) is 9.59 Å². The molecule has 0 atom stereocenters. The van der Waals surface area contributed by atoms with Crippen LogP contribution in [0.3, 0.4) is 0 Å². The number of anilines is 4. The zero-order valence-electron chi connectivity index (χ0n) is 25.8. The molecule has 1 aliphatic carbocycles. The smallest absolute Gasteiger partial charge is 0.293 e. The van der Waals surface area contributed by atoms with E-state index in [1.165, 1.54) is 15.8 Å². The summed E-state index contributed by atoms with van der Waals surface area (Å²) < 4.78 is 3.74. The van der Waals surface area contributed by atoms with Crippen molar-refractivity contribution in [1.29, 1.82) is 0 Å². The van der Waals surface area contributed by atoms with Gasteiger partial charge in [0.2, 0.25) is 0 Å². The van der Waals surface area contributed by atoms with Crippen LogP contribution < -0.4 is 20.7 Å². The molecule has 3 aromatic heterocycles. The maximum Gasteiger partial charge on any atom is 0.293 e. The Balaban J connectivity index is 1.15. The second kappa shape index (κ2) is 10.7. The fourth-order valence-electron chi connectivity index (χ4n) is 6.88. The van der Waals surface area contributed by atoms with Gasteiger partial charge in [-0.2, -0.15) is 0 Å². The summed E-state index contributed by atoms with van der Waals surface area (Å²) in [7, 11) is 7.62. The second-order valence-electron chi connectivity index (χ2n) is 13.0. The average Bonchev–Trinajstić information content (AvgIpc) is 3.49. The van der Waals surface area contributed by atoms with E-state index in [2.05, 4.69) is 39.7 Å². The Kier molecular flexibility index (Phi) is 6.88. The highest BCUT2D eigenvalue weighted by molar-refractivity contribution is 6.06. The van der Waals surface area contributed by atoms with Crippen molar-refractivity contribution in [2.75, 3.05) is 47.8 Å². The van der Waals surface area contributed by atoms with Crippen LogP contribution >= 0.6 is 0 Å². The fraction of sp³-hybridized carbons (Fsp3) is 0.394. The maximum absolute atomic E-state index is 13.8. The van der Waals surface area contributed by atoms with E-state index in [1.54, 1.807) is 24.3 Å². The van der Waals surface area contributed by atoms with Gasteiger partial charge < -0.3 is 24.2 Å². The molecule has 0 unspecified atom stereocenters. The molecule has 5 heterocycles. The van der Waals surface area contributed by atoms with Crippen LogP contribution in [0.15, 0.2) is 53.6 Å². The van der Waals surface area contributed by atoms with Gasteiger partial charge in [-0.15, -0.1) is 0 Å². The Labute approximate surface area is 258 Å². The van der Waals surface area contributed by atoms with Gasteiger partial charge in [0, 0.05) is 86.9 Å². The number of hydrogen-bond acceptors (Lipinski definition) is 7. The molecule has 11 heteroatoms. The number of rotatable bonds is 5. The molecule has 1 aromatic carbocycles. The van der Waals surface area contributed by atoms with Crippen molar-refractivity contribution in [3.05, 3.63) is 81.7 Å². The molecular weight excluding hydrogens is 551 g/mol. The first kappa shape index (κ1) is 28.4. The Morgan fingerprint density at radius 2 is 1.70 bits per heavy atom. The molecule has 1 amide bonds. The fourth-order valence-corrected chi connectivity index (χ4v) is 6.88. The summed E-state index contributed by atoms with van der Waals surface area (Å²) in [4.78, 5) is 42.2. The number of amides is 1. The van der Waals surface area contributed by atoms with Crippen LogP contribution in [0.1, 0.15) is 41.2 Å². The van der Waals surface area contributed by atoms with Gasteiger partial charge in [-0.1, -0.05) is 13.8 Å². The van der Waals surface area contributed by atoms with Gasteiger partial charge in [-0.25, -0.2) is 9.97 Å². The molecule has 10 nitrogen and oxygen atoms in total. The van der Waals surface area contributed by atoms with Gasteiger partial charge in [0.25, 0.3) is 11.5 Å². The van der Waals surface area contributed by atoms with E-state index >= 15 is 0 Å². The van der Waals surface area contributed by atoms with E-state index in [4.69, 9.17) is 13.0 Å². The third kappa shape index (κ3) is 4.98. The van der Waals surface area contributed by atoms with Crippen molar-refractivity contribution in [2.24, 2.45) is 12.5 Å². The molecule has 2 aliphatic heterocycles. The van der Waals surface area contributed by atoms with Crippen molar-refractivity contribution in [3.8, 4) is 11.3 Å². The van der Waals surface area contributed by atoms with Crippen molar-refractivity contribution >= 4 is 36.9 Å². The number of pyridine rings is 1. The number of benzene rings is 1. The second-order valence-corrected chi connectivity index (χ2v) is 13.0. The molecule has 0 bridgehead atoms. The number of carbonyl (C=O) groups excluding carboxylic acids is 1. The summed E-state index contributed by atoms with van der Waals surface area (Å²) in [6.45, 7) is 11.2. The summed E-state index contributed by atoms with van der Waals surface area (Å²) in [5.41, 5.74) is 7.51. The van der Waals surface area contributed by atoms with Gasteiger partial charge in [-0.05, 0) is 67.1 Å². The first-order valence-corrected chi connectivity index (χ1v) is 15.3. The Morgan fingerprint density at radius 3 is 2.45 bits per heavy atom. The minimum Gasteiger partial charge on any atom is -0.369 e. The van der Waals surface area contributed by atoms with Crippen LogP contribution in [0, 0.1) is 12.3 Å². The number of aromatic nitrogens is 4. The standard InChI is InChI=1S/C33H37BN8O2/c1-21-25(9-10-35-30(21)42-16-15-41-27(31(42)43)17-22-18-33(2,3)19-28(22)41)26-20-38(4)32(44)29(37-26)36-23-5-7-24(8-6-23)39-11-13-40(34)14-12-39/h5-10,17,20H,11-16,18-19H2,1-4H3,(H,36,37). The van der Waals surface area contributed by atoms with Crippen molar-refractivity contribution in [3.63, 3.8) is 0 Å². The lowest BCUT2D eigenvalue weighted by Crippen LogP contribution is -2.45. The molecule has 0 saturated carbocycles. The van der Waals surface area contributed by atoms with Crippen molar-refractivity contribution in [2.45, 2.75) is 40.2 Å². The molecular formula is C33H37BN8O2. The van der Waals surface area contributed by atoms with Gasteiger partial charge in [0.15, 0.2) is 13.8 Å². The highest BCUT2D eigenvalue weighted by Crippen LogP contribution is 2.40. The highest BCUT2D eigenvalue weighted by atomic mass is 16.2. The van der Waals surface area contributed by atoms with Crippen LogP contribution in [-0.4, -0.2) is 70.5 Å².